The number of fused-ring (bicyclic) bond motifs is 4. The number of piperidine rings is 2. The van der Waals surface area contributed by atoms with Crippen molar-refractivity contribution in [1.82, 2.24) is 19.6 Å². The third-order valence-corrected chi connectivity index (χ3v) is 9.10. The Morgan fingerprint density at radius 3 is 1.32 bits per heavy atom. The molecular formula is C29H52N4O4. The summed E-state index contributed by atoms with van der Waals surface area (Å²) in [5, 5.41) is 0. The molecule has 0 N–H and O–H groups in total. The van der Waals surface area contributed by atoms with Crippen LogP contribution in [0.15, 0.2) is 0 Å². The number of piperazine rings is 2. The van der Waals surface area contributed by atoms with Crippen molar-refractivity contribution in [2.45, 2.75) is 108 Å². The van der Waals surface area contributed by atoms with Gasteiger partial charge in [-0.1, -0.05) is 32.1 Å². The lowest BCUT2D eigenvalue weighted by Gasteiger charge is -2.49. The number of rotatable bonds is 14. The summed E-state index contributed by atoms with van der Waals surface area (Å²) in [6.07, 6.45) is 13.6. The lowest BCUT2D eigenvalue weighted by molar-refractivity contribution is -0.146. The lowest BCUT2D eigenvalue weighted by atomic mass is 9.91. The van der Waals surface area contributed by atoms with Gasteiger partial charge >= 0.3 is 11.9 Å². The maximum atomic E-state index is 12.1. The highest BCUT2D eigenvalue weighted by atomic mass is 16.5. The number of hydrogen-bond acceptors (Lipinski definition) is 8. The van der Waals surface area contributed by atoms with Crippen LogP contribution >= 0.6 is 0 Å². The van der Waals surface area contributed by atoms with Crippen molar-refractivity contribution >= 4 is 11.9 Å². The Hall–Kier alpha value is -1.22. The molecule has 4 fully saturated rings. The van der Waals surface area contributed by atoms with Gasteiger partial charge in [0.1, 0.15) is 13.2 Å². The van der Waals surface area contributed by atoms with Crippen molar-refractivity contribution in [2.24, 2.45) is 0 Å². The molecule has 4 heterocycles. The SMILES string of the molecule is CN1CC2CCCC(C1)N2CCOC(=O)CCCCCCCC(=O)OCCN1C2CCCC1CN(C)C2. The molecule has 4 bridgehead atoms. The molecule has 8 nitrogen and oxygen atoms in total. The zero-order valence-corrected chi connectivity index (χ0v) is 23.6. The number of esters is 2. The maximum absolute atomic E-state index is 12.1. The highest BCUT2D eigenvalue weighted by Gasteiger charge is 2.36. The third kappa shape index (κ3) is 8.91. The minimum atomic E-state index is -0.0626. The highest BCUT2D eigenvalue weighted by molar-refractivity contribution is 5.69. The topological polar surface area (TPSA) is 65.6 Å². The van der Waals surface area contributed by atoms with Crippen molar-refractivity contribution < 1.29 is 19.1 Å². The molecule has 8 heteroatoms. The van der Waals surface area contributed by atoms with E-state index in [4.69, 9.17) is 9.47 Å². The molecule has 0 aromatic carbocycles. The molecule has 212 valence electrons. The summed E-state index contributed by atoms with van der Waals surface area (Å²) in [4.78, 5) is 34.3. The van der Waals surface area contributed by atoms with Crippen LogP contribution in [0.1, 0.15) is 83.5 Å². The lowest BCUT2D eigenvalue weighted by Crippen LogP contribution is -2.60. The molecule has 0 saturated carbocycles. The van der Waals surface area contributed by atoms with Gasteiger partial charge < -0.3 is 19.3 Å². The molecule has 0 aromatic rings. The van der Waals surface area contributed by atoms with E-state index in [2.05, 4.69) is 33.7 Å². The number of unbranched alkanes of at least 4 members (excludes halogenated alkanes) is 4. The first kappa shape index (κ1) is 28.8. The monoisotopic (exact) mass is 520 g/mol. The molecule has 4 aliphatic rings. The average molecular weight is 521 g/mol. The van der Waals surface area contributed by atoms with E-state index in [0.717, 1.165) is 71.4 Å². The molecule has 4 saturated heterocycles. The molecule has 0 spiro atoms. The van der Waals surface area contributed by atoms with E-state index in [1.165, 1.54) is 38.5 Å². The smallest absolute Gasteiger partial charge is 0.305 e. The van der Waals surface area contributed by atoms with Crippen LogP contribution in [0, 0.1) is 0 Å². The number of likely N-dealkylation sites (tertiary alicyclic amines) is 2. The van der Waals surface area contributed by atoms with E-state index in [1.54, 1.807) is 0 Å². The molecule has 4 aliphatic heterocycles. The van der Waals surface area contributed by atoms with E-state index < -0.39 is 0 Å². The van der Waals surface area contributed by atoms with Gasteiger partial charge in [-0.2, -0.15) is 0 Å². The maximum Gasteiger partial charge on any atom is 0.305 e. The zero-order valence-electron chi connectivity index (χ0n) is 23.6. The Bertz CT molecular complexity index is 636. The fraction of sp³-hybridized carbons (Fsp3) is 0.931. The number of hydrogen-bond donors (Lipinski definition) is 0. The third-order valence-electron chi connectivity index (χ3n) is 9.10. The molecule has 0 aromatic heterocycles. The van der Waals surface area contributed by atoms with Crippen LogP contribution in [0.2, 0.25) is 0 Å². The molecule has 4 rings (SSSR count). The molecule has 4 atom stereocenters. The van der Waals surface area contributed by atoms with Crippen LogP contribution in [-0.4, -0.2) is 122 Å². The first-order valence-corrected chi connectivity index (χ1v) is 15.2. The van der Waals surface area contributed by atoms with Gasteiger partial charge in [0, 0.05) is 76.3 Å². The number of nitrogens with zero attached hydrogens (tertiary/aromatic N) is 4. The van der Waals surface area contributed by atoms with Crippen LogP contribution in [0.4, 0.5) is 0 Å². The van der Waals surface area contributed by atoms with Gasteiger partial charge in [-0.15, -0.1) is 0 Å². The van der Waals surface area contributed by atoms with Crippen molar-refractivity contribution in [2.75, 3.05) is 66.6 Å². The Kier molecular flexibility index (Phi) is 11.5. The molecule has 37 heavy (non-hydrogen) atoms. The largest absolute Gasteiger partial charge is 0.464 e. The Labute approximate surface area is 225 Å². The number of carbonyl (C=O) groups excluding carboxylic acids is 2. The molecule has 0 aliphatic carbocycles. The fourth-order valence-corrected chi connectivity index (χ4v) is 7.28. The van der Waals surface area contributed by atoms with Gasteiger partial charge in [0.25, 0.3) is 0 Å². The van der Waals surface area contributed by atoms with Gasteiger partial charge in [0.2, 0.25) is 0 Å². The summed E-state index contributed by atoms with van der Waals surface area (Å²) in [5.41, 5.74) is 0. The predicted octanol–water partition coefficient (Wildman–Crippen LogP) is 3.14. The Morgan fingerprint density at radius 1 is 0.595 bits per heavy atom. The number of ether oxygens (including phenoxy) is 2. The number of carbonyl (C=O) groups is 2. The van der Waals surface area contributed by atoms with E-state index in [-0.39, 0.29) is 11.9 Å². The second kappa shape index (κ2) is 14.8. The van der Waals surface area contributed by atoms with Crippen molar-refractivity contribution in [3.05, 3.63) is 0 Å². The van der Waals surface area contributed by atoms with Gasteiger partial charge in [0.05, 0.1) is 0 Å². The van der Waals surface area contributed by atoms with Crippen LogP contribution in [0.25, 0.3) is 0 Å². The summed E-state index contributed by atoms with van der Waals surface area (Å²) < 4.78 is 11.1. The molecular weight excluding hydrogens is 468 g/mol. The summed E-state index contributed by atoms with van der Waals surface area (Å²) >= 11 is 0. The summed E-state index contributed by atoms with van der Waals surface area (Å²) in [6.45, 7) is 7.35. The van der Waals surface area contributed by atoms with Gasteiger partial charge in [-0.3, -0.25) is 19.4 Å². The minimum Gasteiger partial charge on any atom is -0.464 e. The van der Waals surface area contributed by atoms with Crippen molar-refractivity contribution in [3.63, 3.8) is 0 Å². The highest BCUT2D eigenvalue weighted by Crippen LogP contribution is 2.28. The van der Waals surface area contributed by atoms with Gasteiger partial charge in [0.15, 0.2) is 0 Å². The summed E-state index contributed by atoms with van der Waals surface area (Å²) in [5.74, 6) is -0.125. The minimum absolute atomic E-state index is 0.0626. The molecule has 0 radical (unpaired) electrons. The molecule has 0 amide bonds. The van der Waals surface area contributed by atoms with Gasteiger partial charge in [-0.05, 0) is 52.6 Å². The zero-order chi connectivity index (χ0) is 26.0. The standard InChI is InChI=1S/C29H52N4O4/c1-30-20-24-10-8-11-25(21-30)32(24)16-18-36-28(34)14-6-4-3-5-7-15-29(35)37-19-17-33-26-12-9-13-27(33)23-31(2)22-26/h24-27H,3-23H2,1-2H3. The van der Waals surface area contributed by atoms with E-state index in [0.29, 0.717) is 50.2 Å². The van der Waals surface area contributed by atoms with Crippen LogP contribution < -0.4 is 0 Å². The normalized spacial score (nSPS) is 29.2. The Balaban J connectivity index is 0.957. The average Bonchev–Trinajstić information content (AvgIpc) is 2.84. The van der Waals surface area contributed by atoms with Gasteiger partial charge in [-0.25, -0.2) is 0 Å². The molecule has 4 unspecified atom stereocenters. The second-order valence-electron chi connectivity index (χ2n) is 12.1. The Morgan fingerprint density at radius 2 is 0.946 bits per heavy atom. The quantitative estimate of drug-likeness (QED) is 0.256. The predicted molar refractivity (Wildman–Crippen MR) is 145 cm³/mol. The van der Waals surface area contributed by atoms with E-state index in [9.17, 15) is 9.59 Å². The fourth-order valence-electron chi connectivity index (χ4n) is 7.28. The van der Waals surface area contributed by atoms with Crippen LogP contribution in [0.5, 0.6) is 0 Å². The van der Waals surface area contributed by atoms with E-state index in [1.807, 2.05) is 0 Å². The van der Waals surface area contributed by atoms with E-state index >= 15 is 0 Å². The summed E-state index contributed by atoms with van der Waals surface area (Å²) in [7, 11) is 4.43. The second-order valence-corrected chi connectivity index (χ2v) is 12.1. The first-order chi connectivity index (χ1) is 18.0. The van der Waals surface area contributed by atoms with Crippen molar-refractivity contribution in [1.29, 1.82) is 0 Å². The number of likely N-dealkylation sites (N-methyl/N-ethyl adjacent to an activating group) is 2. The van der Waals surface area contributed by atoms with Crippen LogP contribution in [-0.2, 0) is 19.1 Å². The van der Waals surface area contributed by atoms with Crippen molar-refractivity contribution in [3.8, 4) is 0 Å². The van der Waals surface area contributed by atoms with Crippen LogP contribution in [0.3, 0.4) is 0 Å². The summed E-state index contributed by atoms with van der Waals surface area (Å²) in [6, 6.07) is 2.52. The first-order valence-electron chi connectivity index (χ1n) is 15.2.